The van der Waals surface area contributed by atoms with Crippen LogP contribution in [0.1, 0.15) is 49.9 Å². The normalized spacial score (nSPS) is 26.9. The molecule has 37 heavy (non-hydrogen) atoms. The van der Waals surface area contributed by atoms with E-state index in [1.807, 2.05) is 30.3 Å². The molecule has 4 bridgehead atoms. The van der Waals surface area contributed by atoms with Crippen LogP contribution in [0.5, 0.6) is 0 Å². The zero-order valence-corrected chi connectivity index (χ0v) is 22.6. The topological polar surface area (TPSA) is 110 Å². The summed E-state index contributed by atoms with van der Waals surface area (Å²) >= 11 is 0. The number of para-hydroxylation sites is 1. The van der Waals surface area contributed by atoms with Crippen molar-refractivity contribution in [2.24, 2.45) is 17.8 Å². The average Bonchev–Trinajstić information content (AvgIpc) is 3.12. The highest BCUT2D eigenvalue weighted by Gasteiger charge is 2.52. The molecule has 7 rings (SSSR count). The van der Waals surface area contributed by atoms with E-state index in [-0.39, 0.29) is 15.3 Å². The van der Waals surface area contributed by atoms with E-state index in [0.29, 0.717) is 34.8 Å². The summed E-state index contributed by atoms with van der Waals surface area (Å²) in [5, 5.41) is 4.43. The first-order valence-corrected chi connectivity index (χ1v) is 15.8. The minimum atomic E-state index is -3.94. The van der Waals surface area contributed by atoms with Gasteiger partial charge in [0.05, 0.1) is 22.0 Å². The van der Waals surface area contributed by atoms with Crippen molar-refractivity contribution in [3.8, 4) is 5.69 Å². The Hall–Kier alpha value is -2.69. The van der Waals surface area contributed by atoms with Gasteiger partial charge in [-0.2, -0.15) is 5.10 Å². The molecule has 3 aromatic rings. The molecule has 4 saturated carbocycles. The van der Waals surface area contributed by atoms with E-state index in [9.17, 15) is 16.8 Å². The first-order chi connectivity index (χ1) is 17.5. The van der Waals surface area contributed by atoms with Crippen molar-refractivity contribution in [3.63, 3.8) is 0 Å². The van der Waals surface area contributed by atoms with E-state index in [4.69, 9.17) is 0 Å². The molecule has 2 N–H and O–H groups in total. The van der Waals surface area contributed by atoms with Gasteiger partial charge in [-0.15, -0.1) is 0 Å². The highest BCUT2D eigenvalue weighted by Crippen LogP contribution is 2.56. The van der Waals surface area contributed by atoms with Crippen LogP contribution in [0.3, 0.4) is 0 Å². The summed E-state index contributed by atoms with van der Waals surface area (Å²) in [7, 11) is -7.66. The molecule has 0 aliphatic heterocycles. The Morgan fingerprint density at radius 3 is 1.95 bits per heavy atom. The van der Waals surface area contributed by atoms with Gasteiger partial charge in [0.2, 0.25) is 10.0 Å². The summed E-state index contributed by atoms with van der Waals surface area (Å²) in [6.45, 7) is 3.38. The molecule has 0 amide bonds. The van der Waals surface area contributed by atoms with E-state index in [1.54, 1.807) is 18.5 Å². The lowest BCUT2D eigenvalue weighted by molar-refractivity contribution is -0.00810. The fourth-order valence-electron chi connectivity index (χ4n) is 7.33. The van der Waals surface area contributed by atoms with Crippen LogP contribution >= 0.6 is 0 Å². The summed E-state index contributed by atoms with van der Waals surface area (Å²) < 4.78 is 60.4. The molecular formula is C27H32N4O4S2. The Balaban J connectivity index is 1.21. The molecule has 0 radical (unpaired) electrons. The monoisotopic (exact) mass is 540 g/mol. The smallest absolute Gasteiger partial charge is 0.265 e. The lowest BCUT2D eigenvalue weighted by Gasteiger charge is -2.56. The maximum absolute atomic E-state index is 13.3. The molecule has 4 aliphatic rings. The van der Waals surface area contributed by atoms with Crippen molar-refractivity contribution >= 4 is 25.7 Å². The van der Waals surface area contributed by atoms with Crippen LogP contribution in [0.15, 0.2) is 64.4 Å². The highest BCUT2D eigenvalue weighted by atomic mass is 32.2. The van der Waals surface area contributed by atoms with Crippen molar-refractivity contribution in [1.82, 2.24) is 14.5 Å². The number of aromatic nitrogens is 2. The predicted molar refractivity (Wildman–Crippen MR) is 142 cm³/mol. The summed E-state index contributed by atoms with van der Waals surface area (Å²) in [6, 6.07) is 15.3. The minimum Gasteiger partial charge on any atom is -0.280 e. The Morgan fingerprint density at radius 1 is 0.811 bits per heavy atom. The highest BCUT2D eigenvalue weighted by molar-refractivity contribution is 7.92. The molecule has 0 unspecified atom stereocenters. The largest absolute Gasteiger partial charge is 0.280 e. The average molecular weight is 541 g/mol. The van der Waals surface area contributed by atoms with Crippen LogP contribution in [0.4, 0.5) is 5.69 Å². The fraction of sp³-hybridized carbons (Fsp3) is 0.444. The Labute approximate surface area is 218 Å². The van der Waals surface area contributed by atoms with Crippen molar-refractivity contribution in [1.29, 1.82) is 0 Å². The van der Waals surface area contributed by atoms with Crippen LogP contribution in [-0.4, -0.2) is 32.2 Å². The van der Waals surface area contributed by atoms with Gasteiger partial charge in [-0.25, -0.2) is 26.2 Å². The Morgan fingerprint density at radius 2 is 1.38 bits per heavy atom. The van der Waals surface area contributed by atoms with E-state index in [0.717, 1.165) is 24.9 Å². The van der Waals surface area contributed by atoms with Gasteiger partial charge in [0.25, 0.3) is 10.0 Å². The van der Waals surface area contributed by atoms with E-state index >= 15 is 0 Å². The van der Waals surface area contributed by atoms with Gasteiger partial charge in [-0.3, -0.25) is 4.72 Å². The molecule has 1 heterocycles. The molecular weight excluding hydrogens is 508 g/mol. The van der Waals surface area contributed by atoms with Gasteiger partial charge in [0.15, 0.2) is 0 Å². The summed E-state index contributed by atoms with van der Waals surface area (Å²) in [4.78, 5) is 0.256. The number of rotatable bonds is 7. The van der Waals surface area contributed by atoms with E-state index < -0.39 is 20.0 Å². The third-order valence-electron chi connectivity index (χ3n) is 8.30. The molecule has 10 heteroatoms. The van der Waals surface area contributed by atoms with Gasteiger partial charge < -0.3 is 0 Å². The predicted octanol–water partition coefficient (Wildman–Crippen LogP) is 4.54. The fourth-order valence-corrected chi connectivity index (χ4v) is 10.2. The van der Waals surface area contributed by atoms with Gasteiger partial charge in [-0.1, -0.05) is 18.2 Å². The number of hydrogen-bond donors (Lipinski definition) is 2. The lowest BCUT2D eigenvalue weighted by atomic mass is 9.53. The Kier molecular flexibility index (Phi) is 5.78. The quantitative estimate of drug-likeness (QED) is 0.457. The number of sulfonamides is 2. The van der Waals surface area contributed by atoms with E-state index in [2.05, 4.69) is 14.5 Å². The second-order valence-electron chi connectivity index (χ2n) is 11.2. The van der Waals surface area contributed by atoms with Crippen LogP contribution in [0.25, 0.3) is 5.69 Å². The summed E-state index contributed by atoms with van der Waals surface area (Å²) in [6.07, 6.45) is 6.47. The summed E-state index contributed by atoms with van der Waals surface area (Å²) in [5.41, 5.74) is 1.61. The molecule has 0 saturated heterocycles. The second kappa shape index (κ2) is 8.68. The molecule has 0 spiro atoms. The number of benzene rings is 2. The maximum Gasteiger partial charge on any atom is 0.265 e. The van der Waals surface area contributed by atoms with Gasteiger partial charge in [0, 0.05) is 11.2 Å². The number of hydrogen-bond acceptors (Lipinski definition) is 5. The van der Waals surface area contributed by atoms with Crippen LogP contribution in [0.2, 0.25) is 0 Å². The van der Waals surface area contributed by atoms with Crippen LogP contribution < -0.4 is 9.44 Å². The van der Waals surface area contributed by atoms with Gasteiger partial charge in [0.1, 0.15) is 4.90 Å². The number of aryl methyl sites for hydroxylation is 1. The third-order valence-corrected chi connectivity index (χ3v) is 11.5. The van der Waals surface area contributed by atoms with Crippen LogP contribution in [0, 0.1) is 31.6 Å². The minimum absolute atomic E-state index is 0.108. The summed E-state index contributed by atoms with van der Waals surface area (Å²) in [5.74, 6) is 1.89. The maximum atomic E-state index is 13.3. The Bertz CT molecular complexity index is 1510. The lowest BCUT2D eigenvalue weighted by Crippen LogP contribution is -2.59. The molecule has 4 fully saturated rings. The van der Waals surface area contributed by atoms with Gasteiger partial charge in [-0.05, 0) is 107 Å². The van der Waals surface area contributed by atoms with Gasteiger partial charge >= 0.3 is 0 Å². The zero-order valence-electron chi connectivity index (χ0n) is 21.0. The zero-order chi connectivity index (χ0) is 26.0. The van der Waals surface area contributed by atoms with Crippen LogP contribution in [-0.2, 0) is 20.0 Å². The molecule has 196 valence electrons. The first-order valence-electron chi connectivity index (χ1n) is 12.8. The second-order valence-corrected chi connectivity index (χ2v) is 14.5. The molecule has 4 aliphatic carbocycles. The standard InChI is InChI=1S/C27H32N4O4S2/c1-18-26(19(2)31(28-18)24-6-4-3-5-7-24)37(34,35)29-23-8-10-25(11-9-23)36(32,33)30-27-15-20-12-21(16-27)14-22(13-20)17-27/h3-11,20-22,29-30H,12-17H2,1-2H3. The molecule has 0 atom stereocenters. The SMILES string of the molecule is Cc1nn(-c2ccccc2)c(C)c1S(=O)(=O)Nc1ccc(S(=O)(=O)NC23CC4CC(CC(C4)C2)C3)cc1. The van der Waals surface area contributed by atoms with E-state index in [1.165, 1.54) is 43.5 Å². The first kappa shape index (κ1) is 24.6. The van der Waals surface area contributed by atoms with Crippen molar-refractivity contribution in [3.05, 3.63) is 66.0 Å². The number of anilines is 1. The molecule has 8 nitrogen and oxygen atoms in total. The number of nitrogens with one attached hydrogen (secondary N) is 2. The van der Waals surface area contributed by atoms with Crippen molar-refractivity contribution in [2.75, 3.05) is 4.72 Å². The van der Waals surface area contributed by atoms with Crippen molar-refractivity contribution < 1.29 is 16.8 Å². The number of nitrogens with zero attached hydrogens (tertiary/aromatic N) is 2. The molecule has 1 aromatic heterocycles. The van der Waals surface area contributed by atoms with Crippen molar-refractivity contribution in [2.45, 2.75) is 67.7 Å². The molecule has 2 aromatic carbocycles. The third kappa shape index (κ3) is 4.49.